The van der Waals surface area contributed by atoms with Crippen molar-refractivity contribution in [3.63, 3.8) is 0 Å². The minimum atomic E-state index is -0.110. The average Bonchev–Trinajstić information content (AvgIpc) is 2.48. The van der Waals surface area contributed by atoms with Gasteiger partial charge in [0.1, 0.15) is 0 Å². The van der Waals surface area contributed by atoms with Crippen LogP contribution in [0, 0.1) is 5.92 Å². The maximum atomic E-state index is 11.4. The molecular formula is C15H18Cl2O3. The Bertz CT molecular complexity index is 468. The summed E-state index contributed by atoms with van der Waals surface area (Å²) < 4.78 is 10.6. The lowest BCUT2D eigenvalue weighted by atomic mass is 9.87. The predicted octanol–water partition coefficient (Wildman–Crippen LogP) is 4.24. The Hall–Kier alpha value is -0.770. The van der Waals surface area contributed by atoms with Crippen LogP contribution in [0.15, 0.2) is 18.2 Å². The first-order valence-corrected chi connectivity index (χ1v) is 7.49. The summed E-state index contributed by atoms with van der Waals surface area (Å²) in [6, 6.07) is 5.53. The predicted molar refractivity (Wildman–Crippen MR) is 79.0 cm³/mol. The molecule has 1 saturated carbocycles. The summed E-state index contributed by atoms with van der Waals surface area (Å²) in [5.41, 5.74) is 0.897. The van der Waals surface area contributed by atoms with E-state index in [0.717, 1.165) is 31.2 Å². The maximum absolute atomic E-state index is 11.4. The molecule has 2 rings (SSSR count). The van der Waals surface area contributed by atoms with E-state index in [-0.39, 0.29) is 18.0 Å². The van der Waals surface area contributed by atoms with Crippen molar-refractivity contribution in [2.24, 2.45) is 5.92 Å². The third-order valence-corrected chi connectivity index (χ3v) is 4.57. The van der Waals surface area contributed by atoms with Crippen LogP contribution in [0.4, 0.5) is 0 Å². The Morgan fingerprint density at radius 1 is 1.25 bits per heavy atom. The summed E-state index contributed by atoms with van der Waals surface area (Å²) in [6.45, 7) is 0.451. The van der Waals surface area contributed by atoms with Crippen molar-refractivity contribution >= 4 is 29.2 Å². The van der Waals surface area contributed by atoms with Crippen LogP contribution in [-0.2, 0) is 20.9 Å². The molecule has 5 heteroatoms. The highest BCUT2D eigenvalue weighted by molar-refractivity contribution is 6.42. The first-order chi connectivity index (χ1) is 9.61. The lowest BCUT2D eigenvalue weighted by molar-refractivity contribution is -0.147. The van der Waals surface area contributed by atoms with Gasteiger partial charge in [-0.05, 0) is 37.3 Å². The molecule has 0 saturated heterocycles. The summed E-state index contributed by atoms with van der Waals surface area (Å²) in [7, 11) is 1.44. The zero-order chi connectivity index (χ0) is 14.5. The van der Waals surface area contributed by atoms with Gasteiger partial charge in [0.05, 0.1) is 35.8 Å². The van der Waals surface area contributed by atoms with Crippen molar-refractivity contribution < 1.29 is 14.3 Å². The molecule has 110 valence electrons. The van der Waals surface area contributed by atoms with Crippen molar-refractivity contribution in [3.05, 3.63) is 33.8 Å². The molecule has 0 heterocycles. The number of ether oxygens (including phenoxy) is 2. The van der Waals surface area contributed by atoms with Gasteiger partial charge in [0.2, 0.25) is 0 Å². The van der Waals surface area contributed by atoms with Crippen LogP contribution in [0.1, 0.15) is 31.2 Å². The van der Waals surface area contributed by atoms with E-state index in [9.17, 15) is 4.79 Å². The van der Waals surface area contributed by atoms with Gasteiger partial charge in [-0.25, -0.2) is 0 Å². The second-order valence-electron chi connectivity index (χ2n) is 5.02. The highest BCUT2D eigenvalue weighted by atomic mass is 35.5. The summed E-state index contributed by atoms with van der Waals surface area (Å²) >= 11 is 12.1. The normalized spacial score (nSPS) is 22.6. The van der Waals surface area contributed by atoms with Crippen LogP contribution in [0.25, 0.3) is 0 Å². The van der Waals surface area contributed by atoms with Crippen molar-refractivity contribution in [1.82, 2.24) is 0 Å². The Morgan fingerprint density at radius 2 is 1.95 bits per heavy atom. The molecule has 0 N–H and O–H groups in total. The van der Waals surface area contributed by atoms with Crippen LogP contribution in [0.3, 0.4) is 0 Å². The quantitative estimate of drug-likeness (QED) is 0.779. The molecule has 1 aliphatic carbocycles. The molecule has 0 amide bonds. The van der Waals surface area contributed by atoms with Crippen LogP contribution in [0.2, 0.25) is 10.0 Å². The molecule has 0 aliphatic heterocycles. The lowest BCUT2D eigenvalue weighted by Crippen LogP contribution is -2.26. The van der Waals surface area contributed by atoms with E-state index in [1.165, 1.54) is 7.11 Å². The molecule has 1 aliphatic rings. The number of carbonyl (C=O) groups is 1. The van der Waals surface area contributed by atoms with Gasteiger partial charge in [-0.15, -0.1) is 0 Å². The number of rotatable bonds is 4. The lowest BCUT2D eigenvalue weighted by Gasteiger charge is -2.27. The summed E-state index contributed by atoms with van der Waals surface area (Å²) in [5, 5.41) is 1.10. The Kier molecular flexibility index (Phi) is 5.70. The highest BCUT2D eigenvalue weighted by Crippen LogP contribution is 2.30. The van der Waals surface area contributed by atoms with Gasteiger partial charge in [0.25, 0.3) is 0 Å². The van der Waals surface area contributed by atoms with Gasteiger partial charge in [0, 0.05) is 0 Å². The van der Waals surface area contributed by atoms with Gasteiger partial charge in [0.15, 0.2) is 0 Å². The van der Waals surface area contributed by atoms with Gasteiger partial charge in [-0.1, -0.05) is 35.3 Å². The maximum Gasteiger partial charge on any atom is 0.308 e. The molecule has 0 radical (unpaired) electrons. The van der Waals surface area contributed by atoms with E-state index >= 15 is 0 Å². The molecule has 0 unspecified atom stereocenters. The fourth-order valence-corrected chi connectivity index (χ4v) is 2.87. The average molecular weight is 317 g/mol. The Balaban J connectivity index is 1.82. The summed E-state index contributed by atoms with van der Waals surface area (Å²) in [4.78, 5) is 11.4. The summed E-state index contributed by atoms with van der Waals surface area (Å²) in [5.74, 6) is -0.0871. The van der Waals surface area contributed by atoms with Crippen molar-refractivity contribution in [3.8, 4) is 0 Å². The van der Waals surface area contributed by atoms with Crippen molar-refractivity contribution in [2.75, 3.05) is 7.11 Å². The third-order valence-electron chi connectivity index (χ3n) is 3.71. The topological polar surface area (TPSA) is 35.5 Å². The highest BCUT2D eigenvalue weighted by Gasteiger charge is 2.27. The number of methoxy groups -OCH3 is 1. The summed E-state index contributed by atoms with van der Waals surface area (Å²) in [6.07, 6.45) is 3.56. The van der Waals surface area contributed by atoms with Gasteiger partial charge in [-0.3, -0.25) is 4.79 Å². The van der Waals surface area contributed by atoms with Crippen LogP contribution >= 0.6 is 23.2 Å². The van der Waals surface area contributed by atoms with E-state index in [4.69, 9.17) is 32.7 Å². The number of benzene rings is 1. The number of hydrogen-bond acceptors (Lipinski definition) is 3. The monoisotopic (exact) mass is 316 g/mol. The zero-order valence-corrected chi connectivity index (χ0v) is 12.9. The number of hydrogen-bond donors (Lipinski definition) is 0. The molecule has 0 spiro atoms. The van der Waals surface area contributed by atoms with E-state index in [0.29, 0.717) is 16.7 Å². The van der Waals surface area contributed by atoms with Gasteiger partial charge < -0.3 is 9.47 Å². The van der Waals surface area contributed by atoms with Crippen LogP contribution in [-0.4, -0.2) is 19.2 Å². The van der Waals surface area contributed by atoms with E-state index in [1.54, 1.807) is 6.07 Å². The van der Waals surface area contributed by atoms with Crippen LogP contribution < -0.4 is 0 Å². The van der Waals surface area contributed by atoms with Gasteiger partial charge >= 0.3 is 5.97 Å². The van der Waals surface area contributed by atoms with E-state index in [2.05, 4.69) is 0 Å². The second-order valence-corrected chi connectivity index (χ2v) is 5.81. The molecular weight excluding hydrogens is 299 g/mol. The smallest absolute Gasteiger partial charge is 0.308 e. The Morgan fingerprint density at radius 3 is 2.60 bits per heavy atom. The number of halogens is 2. The van der Waals surface area contributed by atoms with Crippen LogP contribution in [0.5, 0.6) is 0 Å². The first-order valence-electron chi connectivity index (χ1n) is 6.74. The van der Waals surface area contributed by atoms with E-state index < -0.39 is 0 Å². The SMILES string of the molecule is COC(=O)C1CCC(OCc2cccc(Cl)c2Cl)CC1. The van der Waals surface area contributed by atoms with Crippen molar-refractivity contribution in [2.45, 2.75) is 38.4 Å². The third kappa shape index (κ3) is 3.87. The standard InChI is InChI=1S/C15H18Cl2O3/c1-19-15(18)10-5-7-12(8-6-10)20-9-11-3-2-4-13(16)14(11)17/h2-4,10,12H,5-9H2,1H3. The second kappa shape index (κ2) is 7.30. The minimum Gasteiger partial charge on any atom is -0.469 e. The number of carbonyl (C=O) groups excluding carboxylic acids is 1. The largest absolute Gasteiger partial charge is 0.469 e. The molecule has 1 aromatic carbocycles. The molecule has 3 nitrogen and oxygen atoms in total. The molecule has 1 fully saturated rings. The number of esters is 1. The minimum absolute atomic E-state index is 0.0228. The molecule has 20 heavy (non-hydrogen) atoms. The molecule has 0 bridgehead atoms. The molecule has 1 aromatic rings. The first kappa shape index (κ1) is 15.6. The van der Waals surface area contributed by atoms with Gasteiger partial charge in [-0.2, -0.15) is 0 Å². The fraction of sp³-hybridized carbons (Fsp3) is 0.533. The zero-order valence-electron chi connectivity index (χ0n) is 11.4. The van der Waals surface area contributed by atoms with E-state index in [1.807, 2.05) is 12.1 Å². The molecule has 0 aromatic heterocycles. The fourth-order valence-electron chi connectivity index (χ4n) is 2.50. The molecule has 0 atom stereocenters. The van der Waals surface area contributed by atoms with Crippen molar-refractivity contribution in [1.29, 1.82) is 0 Å². The Labute approximate surface area is 129 Å².